The summed E-state index contributed by atoms with van der Waals surface area (Å²) in [6.07, 6.45) is 1.62. The minimum Gasteiger partial charge on any atom is -0.290 e. The van der Waals surface area contributed by atoms with Gasteiger partial charge in [0.1, 0.15) is 0 Å². The Morgan fingerprint density at radius 3 is 2.50 bits per heavy atom. The van der Waals surface area contributed by atoms with E-state index in [1.54, 1.807) is 12.3 Å². The highest BCUT2D eigenvalue weighted by atomic mass is 16.1. The standard InChI is InChI=1S/C21H16N4O/c1-14-11-12-22-21(23-14)25-20(26)17-13-19(15-7-3-2-4-8-15)24-18-10-6-5-9-16(17)18/h2-13H,1H3,(H,22,23,25,26). The third-order valence-corrected chi connectivity index (χ3v) is 4.05. The predicted molar refractivity (Wildman–Crippen MR) is 102 cm³/mol. The molecule has 0 unspecified atom stereocenters. The van der Waals surface area contributed by atoms with Crippen molar-refractivity contribution in [3.63, 3.8) is 0 Å². The summed E-state index contributed by atoms with van der Waals surface area (Å²) in [5.41, 5.74) is 3.81. The fraction of sp³-hybridized carbons (Fsp3) is 0.0476. The van der Waals surface area contributed by atoms with Crippen LogP contribution in [0.2, 0.25) is 0 Å². The van der Waals surface area contributed by atoms with Crippen molar-refractivity contribution in [2.24, 2.45) is 0 Å². The van der Waals surface area contributed by atoms with Crippen LogP contribution in [-0.4, -0.2) is 20.9 Å². The molecule has 0 radical (unpaired) electrons. The fourth-order valence-corrected chi connectivity index (χ4v) is 2.80. The Hall–Kier alpha value is -3.60. The maximum Gasteiger partial charge on any atom is 0.258 e. The zero-order chi connectivity index (χ0) is 17.9. The van der Waals surface area contributed by atoms with E-state index in [-0.39, 0.29) is 11.9 Å². The number of carbonyl (C=O) groups is 1. The van der Waals surface area contributed by atoms with E-state index >= 15 is 0 Å². The molecule has 0 fully saturated rings. The molecule has 4 rings (SSSR count). The SMILES string of the molecule is Cc1ccnc(NC(=O)c2cc(-c3ccccc3)nc3ccccc23)n1. The first-order chi connectivity index (χ1) is 12.7. The first kappa shape index (κ1) is 15.9. The van der Waals surface area contributed by atoms with Gasteiger partial charge in [-0.15, -0.1) is 0 Å². The Balaban J connectivity index is 1.81. The van der Waals surface area contributed by atoms with Gasteiger partial charge in [0.05, 0.1) is 16.8 Å². The van der Waals surface area contributed by atoms with Crippen molar-refractivity contribution in [1.82, 2.24) is 15.0 Å². The van der Waals surface area contributed by atoms with Gasteiger partial charge in [-0.25, -0.2) is 15.0 Å². The van der Waals surface area contributed by atoms with E-state index in [0.29, 0.717) is 5.56 Å². The van der Waals surface area contributed by atoms with Crippen molar-refractivity contribution in [1.29, 1.82) is 0 Å². The van der Waals surface area contributed by atoms with Crippen LogP contribution in [-0.2, 0) is 0 Å². The van der Waals surface area contributed by atoms with Gasteiger partial charge in [-0.1, -0.05) is 48.5 Å². The van der Waals surface area contributed by atoms with Crippen molar-refractivity contribution in [2.45, 2.75) is 6.92 Å². The smallest absolute Gasteiger partial charge is 0.258 e. The molecule has 2 aromatic carbocycles. The lowest BCUT2D eigenvalue weighted by Crippen LogP contribution is -2.15. The second-order valence-electron chi connectivity index (χ2n) is 5.91. The van der Waals surface area contributed by atoms with Gasteiger partial charge in [0.2, 0.25) is 5.95 Å². The number of nitrogens with one attached hydrogen (secondary N) is 1. The third-order valence-electron chi connectivity index (χ3n) is 4.05. The van der Waals surface area contributed by atoms with Gasteiger partial charge in [-0.3, -0.25) is 10.1 Å². The molecule has 0 saturated carbocycles. The lowest BCUT2D eigenvalue weighted by molar-refractivity contribution is 0.102. The lowest BCUT2D eigenvalue weighted by atomic mass is 10.0. The normalized spacial score (nSPS) is 10.7. The summed E-state index contributed by atoms with van der Waals surface area (Å²) in [7, 11) is 0. The maximum absolute atomic E-state index is 12.9. The minimum atomic E-state index is -0.258. The summed E-state index contributed by atoms with van der Waals surface area (Å²) in [5.74, 6) is 0.0311. The van der Waals surface area contributed by atoms with E-state index in [4.69, 9.17) is 4.98 Å². The number of hydrogen-bond donors (Lipinski definition) is 1. The van der Waals surface area contributed by atoms with Gasteiger partial charge in [0.15, 0.2) is 0 Å². The summed E-state index contributed by atoms with van der Waals surface area (Å²) in [6, 6.07) is 21.0. The topological polar surface area (TPSA) is 67.8 Å². The fourth-order valence-electron chi connectivity index (χ4n) is 2.80. The monoisotopic (exact) mass is 340 g/mol. The molecule has 26 heavy (non-hydrogen) atoms. The van der Waals surface area contributed by atoms with Crippen molar-refractivity contribution in [3.8, 4) is 11.3 Å². The van der Waals surface area contributed by atoms with Crippen LogP contribution in [0.3, 0.4) is 0 Å². The van der Waals surface area contributed by atoms with Gasteiger partial charge in [0.25, 0.3) is 5.91 Å². The number of anilines is 1. The van der Waals surface area contributed by atoms with Crippen LogP contribution >= 0.6 is 0 Å². The van der Waals surface area contributed by atoms with Gasteiger partial charge < -0.3 is 0 Å². The molecule has 5 nitrogen and oxygen atoms in total. The van der Waals surface area contributed by atoms with E-state index in [2.05, 4.69) is 15.3 Å². The van der Waals surface area contributed by atoms with Gasteiger partial charge in [-0.2, -0.15) is 0 Å². The molecule has 5 heteroatoms. The Morgan fingerprint density at radius 2 is 1.69 bits per heavy atom. The summed E-state index contributed by atoms with van der Waals surface area (Å²) < 4.78 is 0. The number of fused-ring (bicyclic) bond motifs is 1. The molecule has 1 N–H and O–H groups in total. The molecule has 0 aliphatic heterocycles. The van der Waals surface area contributed by atoms with Crippen LogP contribution in [0.15, 0.2) is 72.9 Å². The third kappa shape index (κ3) is 3.15. The molecule has 2 aromatic heterocycles. The van der Waals surface area contributed by atoms with Crippen LogP contribution in [0.4, 0.5) is 5.95 Å². The van der Waals surface area contributed by atoms with E-state index in [1.807, 2.05) is 67.6 Å². The molecule has 0 bridgehead atoms. The van der Waals surface area contributed by atoms with Crippen LogP contribution in [0.1, 0.15) is 16.1 Å². The zero-order valence-electron chi connectivity index (χ0n) is 14.2. The molecule has 126 valence electrons. The summed E-state index contributed by atoms with van der Waals surface area (Å²) in [4.78, 5) is 26.0. The Morgan fingerprint density at radius 1 is 0.923 bits per heavy atom. The number of aromatic nitrogens is 3. The van der Waals surface area contributed by atoms with E-state index in [9.17, 15) is 4.79 Å². The van der Waals surface area contributed by atoms with E-state index in [1.165, 1.54) is 0 Å². The molecule has 0 aliphatic rings. The predicted octanol–water partition coefficient (Wildman–Crippen LogP) is 4.25. The highest BCUT2D eigenvalue weighted by Crippen LogP contribution is 2.25. The molecule has 4 aromatic rings. The molecule has 0 spiro atoms. The van der Waals surface area contributed by atoms with Crippen LogP contribution in [0, 0.1) is 6.92 Å². The Kier molecular flexibility index (Phi) is 4.11. The highest BCUT2D eigenvalue weighted by Gasteiger charge is 2.15. The largest absolute Gasteiger partial charge is 0.290 e. The molecular weight excluding hydrogens is 324 g/mol. The van der Waals surface area contributed by atoms with E-state index in [0.717, 1.165) is 27.9 Å². The number of benzene rings is 2. The van der Waals surface area contributed by atoms with Crippen LogP contribution < -0.4 is 5.32 Å². The zero-order valence-corrected chi connectivity index (χ0v) is 14.2. The first-order valence-electron chi connectivity index (χ1n) is 8.27. The number of amides is 1. The first-order valence-corrected chi connectivity index (χ1v) is 8.27. The van der Waals surface area contributed by atoms with Crippen molar-refractivity contribution in [2.75, 3.05) is 5.32 Å². The Labute approximate surface area is 150 Å². The van der Waals surface area contributed by atoms with Crippen molar-refractivity contribution < 1.29 is 4.79 Å². The van der Waals surface area contributed by atoms with Crippen molar-refractivity contribution in [3.05, 3.63) is 84.2 Å². The summed E-state index contributed by atoms with van der Waals surface area (Å²) in [6.45, 7) is 1.85. The molecule has 2 heterocycles. The van der Waals surface area contributed by atoms with Gasteiger partial charge in [-0.05, 0) is 25.1 Å². The minimum absolute atomic E-state index is 0.258. The van der Waals surface area contributed by atoms with Crippen LogP contribution in [0.25, 0.3) is 22.2 Å². The summed E-state index contributed by atoms with van der Waals surface area (Å²) >= 11 is 0. The maximum atomic E-state index is 12.9. The molecular formula is C21H16N4O. The Bertz CT molecular complexity index is 1090. The number of aryl methyl sites for hydroxylation is 1. The number of rotatable bonds is 3. The molecule has 1 amide bonds. The van der Waals surface area contributed by atoms with Gasteiger partial charge >= 0.3 is 0 Å². The van der Waals surface area contributed by atoms with Crippen molar-refractivity contribution >= 4 is 22.8 Å². The lowest BCUT2D eigenvalue weighted by Gasteiger charge is -2.10. The molecule has 0 aliphatic carbocycles. The average molecular weight is 340 g/mol. The highest BCUT2D eigenvalue weighted by molar-refractivity contribution is 6.12. The van der Waals surface area contributed by atoms with E-state index < -0.39 is 0 Å². The average Bonchev–Trinajstić information content (AvgIpc) is 2.68. The summed E-state index contributed by atoms with van der Waals surface area (Å²) in [5, 5.41) is 3.57. The van der Waals surface area contributed by atoms with Crippen LogP contribution in [0.5, 0.6) is 0 Å². The second kappa shape index (κ2) is 6.72. The molecule has 0 saturated heterocycles. The number of hydrogen-bond acceptors (Lipinski definition) is 4. The quantitative estimate of drug-likeness (QED) is 0.605. The molecule has 0 atom stereocenters. The van der Waals surface area contributed by atoms with Gasteiger partial charge in [0, 0.05) is 22.8 Å². The second-order valence-corrected chi connectivity index (χ2v) is 5.91. The number of para-hydroxylation sites is 1. The number of pyridine rings is 1. The number of nitrogens with zero attached hydrogens (tertiary/aromatic N) is 3. The number of carbonyl (C=O) groups excluding carboxylic acids is 1.